The van der Waals surface area contributed by atoms with Gasteiger partial charge in [-0.25, -0.2) is 8.78 Å². The van der Waals surface area contributed by atoms with E-state index in [9.17, 15) is 8.78 Å². The first-order valence-electron chi connectivity index (χ1n) is 4.86. The van der Waals surface area contributed by atoms with E-state index in [0.29, 0.717) is 17.5 Å². The second-order valence-electron chi connectivity index (χ2n) is 3.57. The molecule has 80 valence electrons. The molecule has 1 aromatic heterocycles. The third kappa shape index (κ3) is 1.71. The minimum absolute atomic E-state index is 0.101. The van der Waals surface area contributed by atoms with Crippen LogP contribution in [0, 0.1) is 0 Å². The van der Waals surface area contributed by atoms with E-state index in [2.05, 4.69) is 5.10 Å². The third-order valence-corrected chi connectivity index (χ3v) is 2.50. The lowest BCUT2D eigenvalue weighted by atomic mass is 10.0. The molecule has 1 aromatic carbocycles. The quantitative estimate of drug-likeness (QED) is 0.744. The van der Waals surface area contributed by atoms with Crippen molar-refractivity contribution in [1.29, 1.82) is 0 Å². The average molecular weight is 210 g/mol. The van der Waals surface area contributed by atoms with Crippen LogP contribution in [0.1, 0.15) is 24.5 Å². The van der Waals surface area contributed by atoms with Crippen molar-refractivity contribution < 1.29 is 8.78 Å². The summed E-state index contributed by atoms with van der Waals surface area (Å²) in [6.07, 6.45) is 0.0280. The van der Waals surface area contributed by atoms with Crippen molar-refractivity contribution in [3.05, 3.63) is 29.5 Å². The van der Waals surface area contributed by atoms with Crippen LogP contribution in [0.2, 0.25) is 0 Å². The summed E-state index contributed by atoms with van der Waals surface area (Å²) in [5, 5.41) is 5.03. The van der Waals surface area contributed by atoms with Gasteiger partial charge in [-0.2, -0.15) is 5.10 Å². The van der Waals surface area contributed by atoms with Gasteiger partial charge in [0, 0.05) is 24.2 Å². The number of aromatic nitrogens is 2. The second kappa shape index (κ2) is 3.61. The maximum absolute atomic E-state index is 12.7. The zero-order valence-electron chi connectivity index (χ0n) is 8.67. The van der Waals surface area contributed by atoms with E-state index in [1.54, 1.807) is 17.8 Å². The van der Waals surface area contributed by atoms with Crippen molar-refractivity contribution in [3.8, 4) is 0 Å². The molecule has 0 unspecified atom stereocenters. The Labute approximate surface area is 86.5 Å². The molecule has 0 aliphatic carbocycles. The van der Waals surface area contributed by atoms with Crippen molar-refractivity contribution in [1.82, 2.24) is 9.78 Å². The average Bonchev–Trinajstić information content (AvgIpc) is 2.54. The molecule has 0 bridgehead atoms. The minimum Gasteiger partial charge on any atom is -0.275 e. The zero-order chi connectivity index (χ0) is 11.0. The third-order valence-electron chi connectivity index (χ3n) is 2.50. The fraction of sp³-hybridized carbons (Fsp3) is 0.364. The number of rotatable bonds is 2. The van der Waals surface area contributed by atoms with Gasteiger partial charge in [0.2, 0.25) is 0 Å². The summed E-state index contributed by atoms with van der Waals surface area (Å²) in [5.41, 5.74) is 1.43. The van der Waals surface area contributed by atoms with Crippen LogP contribution in [0.25, 0.3) is 10.9 Å². The minimum atomic E-state index is -2.42. The highest BCUT2D eigenvalue weighted by molar-refractivity contribution is 5.80. The van der Waals surface area contributed by atoms with Crippen LogP contribution >= 0.6 is 0 Å². The highest BCUT2D eigenvalue weighted by Gasteiger charge is 2.14. The lowest BCUT2D eigenvalue weighted by Gasteiger charge is -2.06. The molecule has 0 N–H and O–H groups in total. The number of hydrogen-bond acceptors (Lipinski definition) is 1. The Balaban J connectivity index is 2.68. The van der Waals surface area contributed by atoms with Crippen molar-refractivity contribution in [2.24, 2.45) is 7.05 Å². The topological polar surface area (TPSA) is 17.8 Å². The first-order valence-corrected chi connectivity index (χ1v) is 4.86. The van der Waals surface area contributed by atoms with Crippen molar-refractivity contribution in [2.75, 3.05) is 0 Å². The summed E-state index contributed by atoms with van der Waals surface area (Å²) in [4.78, 5) is 0. The fourth-order valence-electron chi connectivity index (χ4n) is 1.77. The van der Waals surface area contributed by atoms with E-state index in [4.69, 9.17) is 0 Å². The van der Waals surface area contributed by atoms with Crippen LogP contribution < -0.4 is 0 Å². The van der Waals surface area contributed by atoms with Gasteiger partial charge in [-0.15, -0.1) is 0 Å². The summed E-state index contributed by atoms with van der Waals surface area (Å²) in [6, 6.07) is 3.28. The molecule has 0 atom stereocenters. The van der Waals surface area contributed by atoms with E-state index < -0.39 is 6.43 Å². The Morgan fingerprint density at radius 3 is 2.73 bits per heavy atom. The van der Waals surface area contributed by atoms with Gasteiger partial charge in [0.15, 0.2) is 0 Å². The summed E-state index contributed by atoms with van der Waals surface area (Å²) < 4.78 is 27.1. The van der Waals surface area contributed by atoms with Crippen LogP contribution in [0.4, 0.5) is 8.78 Å². The van der Waals surface area contributed by atoms with Gasteiger partial charge in [-0.1, -0.05) is 6.92 Å². The van der Waals surface area contributed by atoms with E-state index in [0.717, 1.165) is 5.39 Å². The molecular weight excluding hydrogens is 198 g/mol. The molecule has 4 heteroatoms. The summed E-state index contributed by atoms with van der Waals surface area (Å²) >= 11 is 0. The molecule has 0 fully saturated rings. The summed E-state index contributed by atoms with van der Waals surface area (Å²) in [5.74, 6) is 0. The molecule has 0 saturated carbocycles. The SMILES string of the molecule is CCc1cc2cn(C)nc2cc1C(F)F. The lowest BCUT2D eigenvalue weighted by molar-refractivity contribution is 0.150. The fourth-order valence-corrected chi connectivity index (χ4v) is 1.77. The molecule has 0 aliphatic heterocycles. The highest BCUT2D eigenvalue weighted by atomic mass is 19.3. The molecule has 15 heavy (non-hydrogen) atoms. The number of fused-ring (bicyclic) bond motifs is 1. The van der Waals surface area contributed by atoms with Crippen molar-refractivity contribution in [2.45, 2.75) is 19.8 Å². The van der Waals surface area contributed by atoms with Gasteiger partial charge in [0.1, 0.15) is 0 Å². The Hall–Kier alpha value is -1.45. The number of benzene rings is 1. The van der Waals surface area contributed by atoms with Gasteiger partial charge >= 0.3 is 0 Å². The molecule has 0 radical (unpaired) electrons. The molecule has 0 saturated heterocycles. The molecule has 2 aromatic rings. The predicted octanol–water partition coefficient (Wildman–Crippen LogP) is 3.07. The van der Waals surface area contributed by atoms with Crippen LogP contribution in [0.5, 0.6) is 0 Å². The number of hydrogen-bond donors (Lipinski definition) is 0. The first-order chi connectivity index (χ1) is 7.11. The summed E-state index contributed by atoms with van der Waals surface area (Å²) in [7, 11) is 1.79. The largest absolute Gasteiger partial charge is 0.275 e. The van der Waals surface area contributed by atoms with Gasteiger partial charge in [0.05, 0.1) is 5.52 Å². The molecule has 0 aliphatic rings. The molecule has 1 heterocycles. The molecule has 0 spiro atoms. The van der Waals surface area contributed by atoms with E-state index in [1.807, 2.05) is 13.1 Å². The van der Waals surface area contributed by atoms with Crippen LogP contribution in [-0.2, 0) is 13.5 Å². The number of halogens is 2. The molecule has 2 rings (SSSR count). The van der Waals surface area contributed by atoms with E-state index >= 15 is 0 Å². The normalized spacial score (nSPS) is 11.5. The lowest BCUT2D eigenvalue weighted by Crippen LogP contribution is -1.93. The second-order valence-corrected chi connectivity index (χ2v) is 3.57. The maximum Gasteiger partial charge on any atom is 0.264 e. The van der Waals surface area contributed by atoms with Gasteiger partial charge in [0.25, 0.3) is 6.43 Å². The van der Waals surface area contributed by atoms with Crippen LogP contribution in [0.15, 0.2) is 18.3 Å². The summed E-state index contributed by atoms with van der Waals surface area (Å²) in [6.45, 7) is 1.88. The number of aryl methyl sites for hydroxylation is 2. The van der Waals surface area contributed by atoms with Crippen molar-refractivity contribution >= 4 is 10.9 Å². The van der Waals surface area contributed by atoms with Crippen molar-refractivity contribution in [3.63, 3.8) is 0 Å². The molecule has 0 amide bonds. The Bertz CT molecular complexity index is 489. The Kier molecular flexibility index (Phi) is 2.42. The molecule has 2 nitrogen and oxygen atoms in total. The zero-order valence-corrected chi connectivity index (χ0v) is 8.67. The van der Waals surface area contributed by atoms with Crippen LogP contribution in [0.3, 0.4) is 0 Å². The Morgan fingerprint density at radius 2 is 2.13 bits per heavy atom. The van der Waals surface area contributed by atoms with Crippen LogP contribution in [-0.4, -0.2) is 9.78 Å². The van der Waals surface area contributed by atoms with Gasteiger partial charge in [-0.3, -0.25) is 4.68 Å². The van der Waals surface area contributed by atoms with Gasteiger partial charge < -0.3 is 0 Å². The smallest absolute Gasteiger partial charge is 0.264 e. The number of nitrogens with zero attached hydrogens (tertiary/aromatic N) is 2. The highest BCUT2D eigenvalue weighted by Crippen LogP contribution is 2.27. The monoisotopic (exact) mass is 210 g/mol. The van der Waals surface area contributed by atoms with Gasteiger partial charge in [-0.05, 0) is 24.1 Å². The van der Waals surface area contributed by atoms with E-state index in [1.165, 1.54) is 6.07 Å². The molecular formula is C11H12F2N2. The van der Waals surface area contributed by atoms with E-state index in [-0.39, 0.29) is 5.56 Å². The Morgan fingerprint density at radius 1 is 1.40 bits per heavy atom. The number of alkyl halides is 2. The predicted molar refractivity (Wildman–Crippen MR) is 55.0 cm³/mol. The maximum atomic E-state index is 12.7. The first kappa shape index (κ1) is 10.1. The standard InChI is InChI=1S/C11H12F2N2/c1-3-7-4-8-6-15(2)14-10(8)5-9(7)11(12)13/h4-6,11H,3H2,1-2H3.